The molecular formula is C26H28S3. The predicted octanol–water partition coefficient (Wildman–Crippen LogP) is 8.69. The van der Waals surface area contributed by atoms with Gasteiger partial charge in [-0.15, -0.1) is 35.3 Å². The van der Waals surface area contributed by atoms with E-state index in [2.05, 4.69) is 105 Å². The van der Waals surface area contributed by atoms with Gasteiger partial charge in [0, 0.05) is 14.7 Å². The molecule has 29 heavy (non-hydrogen) atoms. The van der Waals surface area contributed by atoms with Crippen molar-refractivity contribution in [2.45, 2.75) is 21.6 Å². The Balaban J connectivity index is 0.000000160. The maximum absolute atomic E-state index is 2.22. The average Bonchev–Trinajstić information content (AvgIpc) is 2.80. The highest BCUT2D eigenvalue weighted by Crippen LogP contribution is 2.21. The molecule has 0 aliphatic carbocycles. The summed E-state index contributed by atoms with van der Waals surface area (Å²) in [6, 6.07) is 33.8. The molecule has 0 aliphatic rings. The molecule has 0 bridgehead atoms. The Hall–Kier alpha value is -1.81. The number of hydrogen-bond acceptors (Lipinski definition) is 3. The molecule has 0 radical (unpaired) electrons. The minimum atomic E-state index is 1.32. The fourth-order valence-corrected chi connectivity index (χ4v) is 3.81. The van der Waals surface area contributed by atoms with Gasteiger partial charge in [-0.25, -0.2) is 0 Å². The van der Waals surface area contributed by atoms with Crippen LogP contribution in [0, 0.1) is 6.92 Å². The minimum Gasteiger partial charge on any atom is -0.130 e. The summed E-state index contributed by atoms with van der Waals surface area (Å²) in [6.45, 7) is 2.10. The summed E-state index contributed by atoms with van der Waals surface area (Å²) >= 11 is 5.33. The second-order valence-electron chi connectivity index (χ2n) is 6.25. The summed E-state index contributed by atoms with van der Waals surface area (Å²) in [5.74, 6) is 0. The predicted molar refractivity (Wildman–Crippen MR) is 137 cm³/mol. The second kappa shape index (κ2) is 13.4. The third kappa shape index (κ3) is 8.61. The van der Waals surface area contributed by atoms with Crippen molar-refractivity contribution in [2.24, 2.45) is 0 Å². The first-order chi connectivity index (χ1) is 14.2. The lowest BCUT2D eigenvalue weighted by Crippen LogP contribution is -1.72. The van der Waals surface area contributed by atoms with E-state index in [1.807, 2.05) is 18.2 Å². The maximum Gasteiger partial charge on any atom is 0.00755 e. The van der Waals surface area contributed by atoms with Crippen LogP contribution in [0.4, 0.5) is 0 Å². The van der Waals surface area contributed by atoms with Crippen LogP contribution in [0.25, 0.3) is 10.8 Å². The van der Waals surface area contributed by atoms with Gasteiger partial charge in [-0.3, -0.25) is 0 Å². The van der Waals surface area contributed by atoms with Crippen molar-refractivity contribution in [3.05, 3.63) is 103 Å². The largest absolute Gasteiger partial charge is 0.130 e. The number of hydrogen-bond donors (Lipinski definition) is 0. The van der Waals surface area contributed by atoms with Crippen molar-refractivity contribution < 1.29 is 0 Å². The first-order valence-corrected chi connectivity index (χ1v) is 13.1. The van der Waals surface area contributed by atoms with Gasteiger partial charge in [-0.2, -0.15) is 0 Å². The molecule has 0 fully saturated rings. The Morgan fingerprint density at radius 1 is 0.448 bits per heavy atom. The Kier molecular flexibility index (Phi) is 10.9. The SMILES string of the molecule is CSc1ccc(C)cc1.CSc1ccc2ccccc2c1.CSc1ccccc1. The number of thioether (sulfide) groups is 3. The van der Waals surface area contributed by atoms with E-state index in [1.54, 1.807) is 35.3 Å². The number of benzene rings is 4. The zero-order valence-corrected chi connectivity index (χ0v) is 19.9. The van der Waals surface area contributed by atoms with E-state index >= 15 is 0 Å². The van der Waals surface area contributed by atoms with Gasteiger partial charge < -0.3 is 0 Å². The minimum absolute atomic E-state index is 1.32. The molecule has 4 aromatic rings. The summed E-state index contributed by atoms with van der Waals surface area (Å²) in [4.78, 5) is 3.99. The van der Waals surface area contributed by atoms with Crippen molar-refractivity contribution in [1.29, 1.82) is 0 Å². The van der Waals surface area contributed by atoms with E-state index in [-0.39, 0.29) is 0 Å². The molecule has 4 aromatic carbocycles. The zero-order valence-electron chi connectivity index (χ0n) is 17.5. The molecule has 0 atom stereocenters. The molecule has 0 unspecified atom stereocenters. The van der Waals surface area contributed by atoms with E-state index in [4.69, 9.17) is 0 Å². The highest BCUT2D eigenvalue weighted by molar-refractivity contribution is 7.99. The molecule has 150 valence electrons. The molecule has 0 aromatic heterocycles. The van der Waals surface area contributed by atoms with Crippen molar-refractivity contribution in [3.8, 4) is 0 Å². The average molecular weight is 437 g/mol. The highest BCUT2D eigenvalue weighted by Gasteiger charge is 1.92. The molecule has 0 N–H and O–H groups in total. The molecule has 0 saturated heterocycles. The van der Waals surface area contributed by atoms with E-state index in [0.717, 1.165) is 0 Å². The first kappa shape index (κ1) is 23.5. The highest BCUT2D eigenvalue weighted by atomic mass is 32.2. The van der Waals surface area contributed by atoms with Crippen LogP contribution < -0.4 is 0 Å². The van der Waals surface area contributed by atoms with Crippen LogP contribution in [0.2, 0.25) is 0 Å². The number of rotatable bonds is 3. The van der Waals surface area contributed by atoms with E-state index < -0.39 is 0 Å². The molecule has 0 spiro atoms. The Labute approximate surface area is 188 Å². The lowest BCUT2D eigenvalue weighted by Gasteiger charge is -1.99. The Morgan fingerprint density at radius 3 is 1.48 bits per heavy atom. The number of aryl methyl sites for hydroxylation is 1. The standard InChI is InChI=1S/C11H10S.C8H10S.C7H8S/c1-12-11-7-6-9-4-2-3-5-10(9)8-11;1-7-3-5-8(9-2)6-4-7;1-8-7-5-3-2-4-6-7/h2-8H,1H3;3-6H,1-2H3;2-6H,1H3. The van der Waals surface area contributed by atoms with Crippen LogP contribution in [0.15, 0.2) is 112 Å². The fourth-order valence-electron chi connectivity index (χ4n) is 2.53. The summed E-state index contributed by atoms with van der Waals surface area (Å²) in [5, 5.41) is 2.64. The van der Waals surface area contributed by atoms with Crippen LogP contribution >= 0.6 is 35.3 Å². The van der Waals surface area contributed by atoms with Gasteiger partial charge in [0.15, 0.2) is 0 Å². The summed E-state index contributed by atoms with van der Waals surface area (Å²) in [5.41, 5.74) is 1.33. The summed E-state index contributed by atoms with van der Waals surface area (Å²) in [7, 11) is 0. The lowest BCUT2D eigenvalue weighted by atomic mass is 10.1. The Bertz CT molecular complexity index is 964. The smallest absolute Gasteiger partial charge is 0.00755 e. The van der Waals surface area contributed by atoms with Gasteiger partial charge in [0.1, 0.15) is 0 Å². The molecule has 0 heterocycles. The molecular weight excluding hydrogens is 408 g/mol. The molecule has 3 heteroatoms. The quantitative estimate of drug-likeness (QED) is 0.295. The van der Waals surface area contributed by atoms with Crippen LogP contribution in [-0.2, 0) is 0 Å². The van der Waals surface area contributed by atoms with E-state index in [0.29, 0.717) is 0 Å². The third-order valence-electron chi connectivity index (χ3n) is 4.19. The van der Waals surface area contributed by atoms with Crippen molar-refractivity contribution >= 4 is 46.1 Å². The van der Waals surface area contributed by atoms with Gasteiger partial charge in [0.05, 0.1) is 0 Å². The summed E-state index contributed by atoms with van der Waals surface area (Å²) in [6.07, 6.45) is 6.27. The van der Waals surface area contributed by atoms with Crippen molar-refractivity contribution in [1.82, 2.24) is 0 Å². The van der Waals surface area contributed by atoms with Crippen LogP contribution in [0.5, 0.6) is 0 Å². The van der Waals surface area contributed by atoms with Gasteiger partial charge >= 0.3 is 0 Å². The maximum atomic E-state index is 2.22. The van der Waals surface area contributed by atoms with Crippen LogP contribution in [-0.4, -0.2) is 18.8 Å². The zero-order chi connectivity index (χ0) is 20.9. The number of fused-ring (bicyclic) bond motifs is 1. The van der Waals surface area contributed by atoms with Gasteiger partial charge in [0.25, 0.3) is 0 Å². The lowest BCUT2D eigenvalue weighted by molar-refractivity contribution is 1.38. The van der Waals surface area contributed by atoms with Crippen LogP contribution in [0.3, 0.4) is 0 Å². The molecule has 0 nitrogen and oxygen atoms in total. The van der Waals surface area contributed by atoms with Crippen LogP contribution in [0.1, 0.15) is 5.56 Å². The van der Waals surface area contributed by atoms with E-state index in [9.17, 15) is 0 Å². The molecule has 4 rings (SSSR count). The topological polar surface area (TPSA) is 0 Å². The first-order valence-electron chi connectivity index (χ1n) is 9.38. The molecule has 0 aliphatic heterocycles. The van der Waals surface area contributed by atoms with Gasteiger partial charge in [-0.05, 0) is 72.9 Å². The third-order valence-corrected chi connectivity index (χ3v) is 6.40. The van der Waals surface area contributed by atoms with Crippen molar-refractivity contribution in [2.75, 3.05) is 18.8 Å². The molecule has 0 amide bonds. The van der Waals surface area contributed by atoms with Gasteiger partial charge in [0.2, 0.25) is 0 Å². The normalized spacial score (nSPS) is 9.79. The summed E-state index contributed by atoms with van der Waals surface area (Å²) < 4.78 is 0. The molecule has 0 saturated carbocycles. The Morgan fingerprint density at radius 2 is 0.931 bits per heavy atom. The van der Waals surface area contributed by atoms with Crippen molar-refractivity contribution in [3.63, 3.8) is 0 Å². The fraction of sp³-hybridized carbons (Fsp3) is 0.154. The van der Waals surface area contributed by atoms with Gasteiger partial charge in [-0.1, -0.05) is 66.2 Å². The van der Waals surface area contributed by atoms with E-state index in [1.165, 1.54) is 31.0 Å². The monoisotopic (exact) mass is 436 g/mol. The second-order valence-corrected chi connectivity index (χ2v) is 8.89.